The van der Waals surface area contributed by atoms with Gasteiger partial charge in [-0.3, -0.25) is 9.59 Å². The third-order valence-corrected chi connectivity index (χ3v) is 3.32. The molecule has 0 unspecified atom stereocenters. The Labute approximate surface area is 136 Å². The highest BCUT2D eigenvalue weighted by Gasteiger charge is 2.17. The molecule has 2 rings (SSSR count). The van der Waals surface area contributed by atoms with Crippen LogP contribution in [0.5, 0.6) is 0 Å². The molecule has 1 N–H and O–H groups in total. The summed E-state index contributed by atoms with van der Waals surface area (Å²) in [6, 6.07) is 14.2. The van der Waals surface area contributed by atoms with E-state index >= 15 is 0 Å². The summed E-state index contributed by atoms with van der Waals surface area (Å²) in [7, 11) is 1.69. The molecule has 2 amide bonds. The summed E-state index contributed by atoms with van der Waals surface area (Å²) in [5.41, 5.74) is 1.26. The van der Waals surface area contributed by atoms with Gasteiger partial charge in [0.1, 0.15) is 11.4 Å². The summed E-state index contributed by atoms with van der Waals surface area (Å²) in [6.45, 7) is 4.60. The maximum absolute atomic E-state index is 12.5. The molecule has 23 heavy (non-hydrogen) atoms. The summed E-state index contributed by atoms with van der Waals surface area (Å²) >= 11 is 0. The van der Waals surface area contributed by atoms with Crippen molar-refractivity contribution >= 4 is 17.5 Å². The minimum atomic E-state index is -0.268. The van der Waals surface area contributed by atoms with Gasteiger partial charge in [0.25, 0.3) is 11.8 Å². The number of anilines is 1. The first-order valence-corrected chi connectivity index (χ1v) is 7.57. The molecule has 2 aromatic rings. The summed E-state index contributed by atoms with van der Waals surface area (Å²) in [6.07, 6.45) is 0. The van der Waals surface area contributed by atoms with Crippen molar-refractivity contribution in [3.8, 4) is 0 Å². The van der Waals surface area contributed by atoms with Gasteiger partial charge in [0.05, 0.1) is 0 Å². The number of benzene rings is 1. The van der Waals surface area contributed by atoms with Crippen molar-refractivity contribution in [1.29, 1.82) is 0 Å². The van der Waals surface area contributed by atoms with Gasteiger partial charge >= 0.3 is 0 Å². The summed E-state index contributed by atoms with van der Waals surface area (Å²) in [4.78, 5) is 30.3. The molecule has 0 fully saturated rings. The van der Waals surface area contributed by atoms with Crippen LogP contribution in [0.2, 0.25) is 0 Å². The first kappa shape index (κ1) is 16.7. The lowest BCUT2D eigenvalue weighted by Crippen LogP contribution is -2.30. The van der Waals surface area contributed by atoms with Crippen LogP contribution >= 0.6 is 0 Å². The molecule has 0 aliphatic carbocycles. The first-order chi connectivity index (χ1) is 11.0. The Hall–Kier alpha value is -2.69. The number of nitrogens with one attached hydrogen (secondary N) is 1. The van der Waals surface area contributed by atoms with Crippen molar-refractivity contribution in [1.82, 2.24) is 10.3 Å². The second-order valence-electron chi connectivity index (χ2n) is 5.71. The average molecular weight is 311 g/mol. The monoisotopic (exact) mass is 311 g/mol. The lowest BCUT2D eigenvalue weighted by atomic mass is 10.2. The molecule has 0 saturated carbocycles. The first-order valence-electron chi connectivity index (χ1n) is 7.57. The van der Waals surface area contributed by atoms with Crippen molar-refractivity contribution in [3.63, 3.8) is 0 Å². The molecule has 1 aromatic heterocycles. The zero-order valence-corrected chi connectivity index (χ0v) is 13.6. The van der Waals surface area contributed by atoms with E-state index < -0.39 is 0 Å². The number of rotatable bonds is 5. The molecule has 120 valence electrons. The molecule has 0 aliphatic heterocycles. The summed E-state index contributed by atoms with van der Waals surface area (Å²) in [5, 5.41) is 2.80. The Morgan fingerprint density at radius 1 is 1.04 bits per heavy atom. The van der Waals surface area contributed by atoms with Gasteiger partial charge in [0.15, 0.2) is 0 Å². The van der Waals surface area contributed by atoms with E-state index in [1.807, 2.05) is 44.2 Å². The van der Waals surface area contributed by atoms with Gasteiger partial charge in [-0.25, -0.2) is 4.98 Å². The highest BCUT2D eigenvalue weighted by molar-refractivity contribution is 6.05. The zero-order chi connectivity index (χ0) is 16.8. The molecule has 0 radical (unpaired) electrons. The van der Waals surface area contributed by atoms with E-state index in [1.165, 1.54) is 4.90 Å². The second kappa shape index (κ2) is 7.54. The van der Waals surface area contributed by atoms with Crippen LogP contribution in [0.25, 0.3) is 0 Å². The number of aromatic nitrogens is 1. The number of para-hydroxylation sites is 1. The second-order valence-corrected chi connectivity index (χ2v) is 5.71. The number of pyridine rings is 1. The van der Waals surface area contributed by atoms with E-state index in [2.05, 4.69) is 10.3 Å². The van der Waals surface area contributed by atoms with Crippen LogP contribution in [0.4, 0.5) is 5.69 Å². The predicted octanol–water partition coefficient (Wildman–Crippen LogP) is 2.74. The molecule has 1 heterocycles. The Morgan fingerprint density at radius 3 is 2.35 bits per heavy atom. The number of carbonyl (C=O) groups is 2. The third kappa shape index (κ3) is 4.39. The quantitative estimate of drug-likeness (QED) is 0.923. The van der Waals surface area contributed by atoms with Crippen LogP contribution in [0.3, 0.4) is 0 Å². The minimum Gasteiger partial charge on any atom is -0.350 e. The van der Waals surface area contributed by atoms with E-state index in [9.17, 15) is 9.59 Å². The van der Waals surface area contributed by atoms with Crippen LogP contribution in [-0.2, 0) is 0 Å². The lowest BCUT2D eigenvalue weighted by molar-refractivity contribution is 0.0943. The highest BCUT2D eigenvalue weighted by atomic mass is 16.2. The average Bonchev–Trinajstić information content (AvgIpc) is 2.59. The maximum atomic E-state index is 12.5. The maximum Gasteiger partial charge on any atom is 0.276 e. The largest absolute Gasteiger partial charge is 0.350 e. The van der Waals surface area contributed by atoms with Gasteiger partial charge in [0, 0.05) is 19.3 Å². The van der Waals surface area contributed by atoms with E-state index in [4.69, 9.17) is 0 Å². The normalized spacial score (nSPS) is 10.4. The van der Waals surface area contributed by atoms with Crippen LogP contribution < -0.4 is 10.2 Å². The summed E-state index contributed by atoms with van der Waals surface area (Å²) < 4.78 is 0. The predicted molar refractivity (Wildman–Crippen MR) is 90.6 cm³/mol. The van der Waals surface area contributed by atoms with Crippen molar-refractivity contribution in [2.45, 2.75) is 13.8 Å². The van der Waals surface area contributed by atoms with Crippen LogP contribution in [0.1, 0.15) is 34.8 Å². The molecule has 5 heteroatoms. The molecular weight excluding hydrogens is 290 g/mol. The third-order valence-electron chi connectivity index (χ3n) is 3.32. The van der Waals surface area contributed by atoms with E-state index in [1.54, 1.807) is 25.2 Å². The fourth-order valence-electron chi connectivity index (χ4n) is 2.01. The van der Waals surface area contributed by atoms with E-state index in [0.717, 1.165) is 5.69 Å². The zero-order valence-electron chi connectivity index (χ0n) is 13.6. The number of carbonyl (C=O) groups excluding carboxylic acids is 2. The van der Waals surface area contributed by atoms with Gasteiger partial charge in [-0.05, 0) is 30.2 Å². The Bertz CT molecular complexity index is 684. The van der Waals surface area contributed by atoms with Crippen LogP contribution in [0.15, 0.2) is 48.5 Å². The smallest absolute Gasteiger partial charge is 0.276 e. The molecule has 0 aliphatic rings. The minimum absolute atomic E-state index is 0.244. The van der Waals surface area contributed by atoms with Crippen LogP contribution in [0, 0.1) is 5.92 Å². The molecule has 0 saturated heterocycles. The van der Waals surface area contributed by atoms with Gasteiger partial charge in [-0.1, -0.05) is 38.1 Å². The van der Waals surface area contributed by atoms with Gasteiger partial charge in [-0.2, -0.15) is 0 Å². The molecule has 0 bridgehead atoms. The lowest BCUT2D eigenvalue weighted by Gasteiger charge is -2.17. The van der Waals surface area contributed by atoms with Gasteiger partial charge in [0.2, 0.25) is 0 Å². The summed E-state index contributed by atoms with van der Waals surface area (Å²) in [5.74, 6) is -0.168. The van der Waals surface area contributed by atoms with E-state index in [0.29, 0.717) is 12.5 Å². The SMILES string of the molecule is CC(C)CNC(=O)c1cccc(C(=O)N(C)c2ccccc2)n1. The standard InChI is InChI=1S/C18H21N3O2/c1-13(2)12-19-17(22)15-10-7-11-16(20-15)18(23)21(3)14-8-5-4-6-9-14/h4-11,13H,12H2,1-3H3,(H,19,22). The van der Waals surface area contributed by atoms with Crippen molar-refractivity contribution < 1.29 is 9.59 Å². The Morgan fingerprint density at radius 2 is 1.70 bits per heavy atom. The van der Waals surface area contributed by atoms with Gasteiger partial charge < -0.3 is 10.2 Å². The molecule has 1 aromatic carbocycles. The molecule has 5 nitrogen and oxygen atoms in total. The van der Waals surface area contributed by atoms with E-state index in [-0.39, 0.29) is 23.2 Å². The van der Waals surface area contributed by atoms with Crippen LogP contribution in [-0.4, -0.2) is 30.4 Å². The Kier molecular flexibility index (Phi) is 5.46. The number of hydrogen-bond donors (Lipinski definition) is 1. The number of amides is 2. The Balaban J connectivity index is 2.16. The fourth-order valence-corrected chi connectivity index (χ4v) is 2.01. The van der Waals surface area contributed by atoms with Crippen molar-refractivity contribution in [3.05, 3.63) is 59.9 Å². The fraction of sp³-hybridized carbons (Fsp3) is 0.278. The topological polar surface area (TPSA) is 62.3 Å². The molecule has 0 spiro atoms. The number of hydrogen-bond acceptors (Lipinski definition) is 3. The van der Waals surface area contributed by atoms with Crippen molar-refractivity contribution in [2.24, 2.45) is 5.92 Å². The molecular formula is C18H21N3O2. The van der Waals surface area contributed by atoms with Gasteiger partial charge in [-0.15, -0.1) is 0 Å². The van der Waals surface area contributed by atoms with Crippen molar-refractivity contribution in [2.75, 3.05) is 18.5 Å². The highest BCUT2D eigenvalue weighted by Crippen LogP contribution is 2.14. The molecule has 0 atom stereocenters. The number of nitrogens with zero attached hydrogens (tertiary/aromatic N) is 2.